The number of alkyl carbamates (subject to hydrolysis) is 1. The minimum atomic E-state index is -4.84. The molecule has 1 fully saturated rings. The second-order valence-electron chi connectivity index (χ2n) is 12.2. The van der Waals surface area contributed by atoms with Crippen molar-refractivity contribution >= 4 is 29.2 Å². The molecule has 1 aromatic carbocycles. The van der Waals surface area contributed by atoms with Crippen LogP contribution in [0.15, 0.2) is 29.8 Å². The van der Waals surface area contributed by atoms with Gasteiger partial charge in [0, 0.05) is 13.0 Å². The molecule has 0 spiro atoms. The summed E-state index contributed by atoms with van der Waals surface area (Å²) in [5.41, 5.74) is 1.21. The zero-order chi connectivity index (χ0) is 30.9. The fourth-order valence-electron chi connectivity index (χ4n) is 4.54. The van der Waals surface area contributed by atoms with E-state index < -0.39 is 59.3 Å². The van der Waals surface area contributed by atoms with Crippen LogP contribution in [0, 0.1) is 12.3 Å². The van der Waals surface area contributed by atoms with E-state index in [0.29, 0.717) is 5.56 Å². The van der Waals surface area contributed by atoms with Gasteiger partial charge in [-0.05, 0) is 44.2 Å². The largest absolute Gasteiger partial charge is 0.444 e. The lowest BCUT2D eigenvalue weighted by Crippen LogP contribution is -2.58. The molecule has 0 aliphatic carbocycles. The Morgan fingerprint density at radius 3 is 2.17 bits per heavy atom. The maximum atomic E-state index is 14.2. The van der Waals surface area contributed by atoms with Crippen molar-refractivity contribution in [3.05, 3.63) is 41.0 Å². The predicted molar refractivity (Wildman–Crippen MR) is 148 cm³/mol. The molecule has 3 rings (SSSR count). The normalized spacial score (nSPS) is 19.4. The van der Waals surface area contributed by atoms with Crippen LogP contribution in [-0.4, -0.2) is 69.4 Å². The van der Waals surface area contributed by atoms with Crippen LogP contribution in [0.4, 0.5) is 18.0 Å². The van der Waals surface area contributed by atoms with Gasteiger partial charge in [0.05, 0.1) is 22.2 Å². The number of amides is 3. The number of benzene rings is 1. The number of alkyl halides is 3. The molecular formula is C28H37F3N4O5S. The summed E-state index contributed by atoms with van der Waals surface area (Å²) in [7, 11) is 0. The van der Waals surface area contributed by atoms with Gasteiger partial charge in [0.2, 0.25) is 11.8 Å². The Labute approximate surface area is 241 Å². The average molecular weight is 599 g/mol. The number of likely N-dealkylation sites (tertiary alicyclic amines) is 1. The monoisotopic (exact) mass is 598 g/mol. The van der Waals surface area contributed by atoms with E-state index in [1.54, 1.807) is 54.0 Å². The number of aryl methyl sites for hydroxylation is 1. The molecule has 4 atom stereocenters. The maximum Gasteiger partial charge on any atom is 0.412 e. The van der Waals surface area contributed by atoms with E-state index in [1.165, 1.54) is 35.6 Å². The number of aromatic nitrogens is 1. The Kier molecular flexibility index (Phi) is 9.43. The molecule has 9 nitrogen and oxygen atoms in total. The van der Waals surface area contributed by atoms with Crippen molar-refractivity contribution in [3.63, 3.8) is 0 Å². The molecule has 2 aromatic rings. The second kappa shape index (κ2) is 12.0. The number of halogens is 3. The van der Waals surface area contributed by atoms with Crippen LogP contribution in [0.1, 0.15) is 65.3 Å². The summed E-state index contributed by atoms with van der Waals surface area (Å²) in [6.45, 7) is 11.5. The minimum absolute atomic E-state index is 0.188. The summed E-state index contributed by atoms with van der Waals surface area (Å²) in [4.78, 5) is 45.4. The Balaban J connectivity index is 1.84. The molecule has 3 N–H and O–H groups in total. The highest BCUT2D eigenvalue weighted by atomic mass is 32.1. The lowest BCUT2D eigenvalue weighted by molar-refractivity contribution is -0.165. The standard InChI is InChI=1S/C28H37F3N4O5S/c1-15-20(41-14-32-15)16-8-10-17(11-9-16)21(28(29,30)31)33-23(37)19-12-18(36)13-35(19)24(38)22(26(2,3)4)34-25(39)40-27(5,6)7/h8-11,14,18-19,21-22,36H,12-13H2,1-7H3,(H,33,37)(H,34,39)/t18-,19+,21?,22?/m1/s1. The first-order valence-electron chi connectivity index (χ1n) is 13.1. The first kappa shape index (κ1) is 32.3. The summed E-state index contributed by atoms with van der Waals surface area (Å²) in [6, 6.07) is 0.739. The third kappa shape index (κ3) is 8.19. The highest BCUT2D eigenvalue weighted by molar-refractivity contribution is 7.13. The Bertz CT molecular complexity index is 1250. The fourth-order valence-corrected chi connectivity index (χ4v) is 5.36. The molecule has 3 amide bonds. The summed E-state index contributed by atoms with van der Waals surface area (Å²) >= 11 is 1.36. The number of hydrogen-bond donors (Lipinski definition) is 3. The van der Waals surface area contributed by atoms with Crippen LogP contribution in [0.25, 0.3) is 10.4 Å². The number of β-amino-alcohol motifs (C(OH)–C–C–N with tert-alkyl or cyclic N) is 1. The van der Waals surface area contributed by atoms with Gasteiger partial charge in [-0.3, -0.25) is 9.59 Å². The molecular weight excluding hydrogens is 561 g/mol. The molecule has 0 bridgehead atoms. The average Bonchev–Trinajstić information content (AvgIpc) is 3.43. The van der Waals surface area contributed by atoms with Crippen LogP contribution in [-0.2, 0) is 14.3 Å². The smallest absolute Gasteiger partial charge is 0.412 e. The van der Waals surface area contributed by atoms with Crippen LogP contribution in [0.3, 0.4) is 0 Å². The van der Waals surface area contributed by atoms with E-state index in [4.69, 9.17) is 4.74 Å². The Morgan fingerprint density at radius 1 is 1.07 bits per heavy atom. The molecule has 13 heteroatoms. The van der Waals surface area contributed by atoms with E-state index in [9.17, 15) is 32.7 Å². The van der Waals surface area contributed by atoms with Crippen molar-refractivity contribution in [1.29, 1.82) is 0 Å². The highest BCUT2D eigenvalue weighted by Gasteiger charge is 2.48. The first-order valence-corrected chi connectivity index (χ1v) is 14.0. The highest BCUT2D eigenvalue weighted by Crippen LogP contribution is 2.36. The summed E-state index contributed by atoms with van der Waals surface area (Å²) in [6.07, 6.45) is -7.09. The quantitative estimate of drug-likeness (QED) is 0.442. The number of nitrogens with one attached hydrogen (secondary N) is 2. The molecule has 1 aliphatic rings. The van der Waals surface area contributed by atoms with E-state index in [0.717, 1.165) is 15.5 Å². The van der Waals surface area contributed by atoms with E-state index in [2.05, 4.69) is 10.3 Å². The fraction of sp³-hybridized carbons (Fsp3) is 0.571. The lowest BCUT2D eigenvalue weighted by atomic mass is 9.85. The van der Waals surface area contributed by atoms with Gasteiger partial charge in [-0.15, -0.1) is 11.3 Å². The van der Waals surface area contributed by atoms with E-state index >= 15 is 0 Å². The van der Waals surface area contributed by atoms with Gasteiger partial charge in [-0.1, -0.05) is 45.0 Å². The van der Waals surface area contributed by atoms with Gasteiger partial charge in [0.15, 0.2) is 6.04 Å². The Morgan fingerprint density at radius 2 is 1.68 bits per heavy atom. The molecule has 1 aliphatic heterocycles. The van der Waals surface area contributed by atoms with Crippen molar-refractivity contribution in [2.75, 3.05) is 6.54 Å². The third-order valence-electron chi connectivity index (χ3n) is 6.50. The van der Waals surface area contributed by atoms with Crippen molar-refractivity contribution in [2.45, 2.75) is 90.9 Å². The van der Waals surface area contributed by atoms with Crippen LogP contribution >= 0.6 is 11.3 Å². The number of hydrogen-bond acceptors (Lipinski definition) is 7. The topological polar surface area (TPSA) is 121 Å². The third-order valence-corrected chi connectivity index (χ3v) is 7.48. The molecule has 0 saturated carbocycles. The summed E-state index contributed by atoms with van der Waals surface area (Å²) in [5, 5.41) is 14.9. The summed E-state index contributed by atoms with van der Waals surface area (Å²) in [5.74, 6) is -1.78. The molecule has 2 unspecified atom stereocenters. The number of carbonyl (C=O) groups is 3. The zero-order valence-corrected chi connectivity index (χ0v) is 24.9. The van der Waals surface area contributed by atoms with E-state index in [1.807, 2.05) is 5.32 Å². The maximum absolute atomic E-state index is 14.2. The van der Waals surface area contributed by atoms with Crippen LogP contribution in [0.2, 0.25) is 0 Å². The van der Waals surface area contributed by atoms with Gasteiger partial charge < -0.3 is 25.4 Å². The second-order valence-corrected chi connectivity index (χ2v) is 13.1. The van der Waals surface area contributed by atoms with Crippen molar-refractivity contribution in [2.24, 2.45) is 5.41 Å². The number of thiazole rings is 1. The van der Waals surface area contributed by atoms with Gasteiger partial charge in [-0.25, -0.2) is 9.78 Å². The Hall–Kier alpha value is -3.19. The van der Waals surface area contributed by atoms with Crippen molar-refractivity contribution in [3.8, 4) is 10.4 Å². The predicted octanol–water partition coefficient (Wildman–Crippen LogP) is 4.74. The van der Waals surface area contributed by atoms with Gasteiger partial charge >= 0.3 is 12.3 Å². The number of carbonyl (C=O) groups excluding carboxylic acids is 3. The molecule has 41 heavy (non-hydrogen) atoms. The van der Waals surface area contributed by atoms with Crippen molar-refractivity contribution < 1.29 is 37.4 Å². The lowest BCUT2D eigenvalue weighted by Gasteiger charge is -2.36. The number of aliphatic hydroxyl groups is 1. The zero-order valence-electron chi connectivity index (χ0n) is 24.1. The molecule has 1 saturated heterocycles. The first-order chi connectivity index (χ1) is 18.8. The number of nitrogens with zero attached hydrogens (tertiary/aromatic N) is 2. The molecule has 0 radical (unpaired) electrons. The molecule has 1 aromatic heterocycles. The van der Waals surface area contributed by atoms with Gasteiger partial charge in [0.1, 0.15) is 17.7 Å². The number of rotatable bonds is 6. The van der Waals surface area contributed by atoms with Crippen LogP contribution < -0.4 is 10.6 Å². The van der Waals surface area contributed by atoms with Gasteiger partial charge in [-0.2, -0.15) is 13.2 Å². The SMILES string of the molecule is Cc1ncsc1-c1ccc(C(NC(=O)[C@@H]2C[C@@H](O)CN2C(=O)C(NC(=O)OC(C)(C)C)C(C)(C)C)C(F)(F)F)cc1. The number of ether oxygens (including phenoxy) is 1. The number of aliphatic hydroxyl groups excluding tert-OH is 1. The molecule has 2 heterocycles. The van der Waals surface area contributed by atoms with Crippen LogP contribution in [0.5, 0.6) is 0 Å². The van der Waals surface area contributed by atoms with Crippen molar-refractivity contribution in [1.82, 2.24) is 20.5 Å². The molecule has 226 valence electrons. The van der Waals surface area contributed by atoms with Gasteiger partial charge in [0.25, 0.3) is 0 Å². The van der Waals surface area contributed by atoms with E-state index in [-0.39, 0.29) is 18.5 Å². The summed E-state index contributed by atoms with van der Waals surface area (Å²) < 4.78 is 47.8. The minimum Gasteiger partial charge on any atom is -0.444 e.